The predicted molar refractivity (Wildman–Crippen MR) is 77.8 cm³/mol. The fraction of sp³-hybridized carbons (Fsp3) is 0.533. The molecule has 0 aromatic heterocycles. The second-order valence-corrected chi connectivity index (χ2v) is 6.34. The van der Waals surface area contributed by atoms with Crippen molar-refractivity contribution < 1.29 is 9.53 Å². The Kier molecular flexibility index (Phi) is 3.80. The quantitative estimate of drug-likeness (QED) is 0.851. The van der Waals surface area contributed by atoms with Crippen molar-refractivity contribution >= 4 is 23.4 Å². The molecule has 2 aliphatic rings. The number of aryl methyl sites for hydroxylation is 1. The van der Waals surface area contributed by atoms with Crippen LogP contribution in [0.1, 0.15) is 18.4 Å². The van der Waals surface area contributed by atoms with Gasteiger partial charge in [-0.2, -0.15) is 0 Å². The van der Waals surface area contributed by atoms with E-state index < -0.39 is 0 Å². The van der Waals surface area contributed by atoms with Crippen molar-refractivity contribution in [2.45, 2.75) is 24.7 Å². The van der Waals surface area contributed by atoms with Gasteiger partial charge in [0, 0.05) is 24.7 Å². The summed E-state index contributed by atoms with van der Waals surface area (Å²) < 4.78 is 5.40. The molecule has 1 fully saturated rings. The first-order chi connectivity index (χ1) is 9.24. The van der Waals surface area contributed by atoms with Gasteiger partial charge in [-0.1, -0.05) is 6.07 Å². The van der Waals surface area contributed by atoms with Gasteiger partial charge in [-0.3, -0.25) is 4.79 Å². The van der Waals surface area contributed by atoms with Gasteiger partial charge in [0.2, 0.25) is 5.91 Å². The van der Waals surface area contributed by atoms with Crippen molar-refractivity contribution in [2.24, 2.45) is 5.92 Å². The van der Waals surface area contributed by atoms with Crippen LogP contribution in [0.5, 0.6) is 0 Å². The minimum absolute atomic E-state index is 0.236. The Labute approximate surface area is 118 Å². The Hall–Kier alpha value is -1.00. The SMILES string of the molecule is Cc1ccc2c(c1)SCC(=O)N2CCC1CCOC1. The first kappa shape index (κ1) is 13.0. The van der Waals surface area contributed by atoms with Crippen LogP contribution in [0, 0.1) is 12.8 Å². The molecule has 0 bridgehead atoms. The molecule has 3 rings (SSSR count). The molecule has 1 saturated heterocycles. The molecule has 3 nitrogen and oxygen atoms in total. The van der Waals surface area contributed by atoms with E-state index in [1.165, 1.54) is 10.5 Å². The largest absolute Gasteiger partial charge is 0.381 e. The van der Waals surface area contributed by atoms with E-state index in [-0.39, 0.29) is 5.91 Å². The maximum Gasteiger partial charge on any atom is 0.237 e. The van der Waals surface area contributed by atoms with Gasteiger partial charge in [-0.15, -0.1) is 11.8 Å². The molecular formula is C15H19NO2S. The summed E-state index contributed by atoms with van der Waals surface area (Å²) in [7, 11) is 0. The Morgan fingerprint density at radius 1 is 1.47 bits per heavy atom. The third kappa shape index (κ3) is 2.79. The molecule has 1 amide bonds. The average Bonchev–Trinajstić information content (AvgIpc) is 2.91. The lowest BCUT2D eigenvalue weighted by molar-refractivity contribution is -0.116. The van der Waals surface area contributed by atoms with Gasteiger partial charge >= 0.3 is 0 Å². The van der Waals surface area contributed by atoms with Crippen LogP contribution in [-0.4, -0.2) is 31.4 Å². The molecule has 19 heavy (non-hydrogen) atoms. The Morgan fingerprint density at radius 3 is 3.16 bits per heavy atom. The molecule has 2 aliphatic heterocycles. The molecule has 4 heteroatoms. The Morgan fingerprint density at radius 2 is 2.37 bits per heavy atom. The fourth-order valence-electron chi connectivity index (χ4n) is 2.68. The first-order valence-corrected chi connectivity index (χ1v) is 7.84. The second kappa shape index (κ2) is 5.55. The van der Waals surface area contributed by atoms with Crippen LogP contribution in [0.15, 0.2) is 23.1 Å². The third-order valence-electron chi connectivity index (χ3n) is 3.84. The molecule has 1 unspecified atom stereocenters. The number of amides is 1. The van der Waals surface area contributed by atoms with Gasteiger partial charge < -0.3 is 9.64 Å². The van der Waals surface area contributed by atoms with Crippen molar-refractivity contribution in [2.75, 3.05) is 30.4 Å². The molecule has 0 radical (unpaired) electrons. The van der Waals surface area contributed by atoms with Crippen molar-refractivity contribution in [3.05, 3.63) is 23.8 Å². The minimum Gasteiger partial charge on any atom is -0.381 e. The number of rotatable bonds is 3. The third-order valence-corrected chi connectivity index (χ3v) is 4.87. The summed E-state index contributed by atoms with van der Waals surface area (Å²) in [5.41, 5.74) is 2.34. The summed E-state index contributed by atoms with van der Waals surface area (Å²) >= 11 is 1.66. The van der Waals surface area contributed by atoms with E-state index in [9.17, 15) is 4.79 Å². The molecule has 1 aromatic carbocycles. The van der Waals surface area contributed by atoms with Crippen LogP contribution in [-0.2, 0) is 9.53 Å². The zero-order chi connectivity index (χ0) is 13.2. The van der Waals surface area contributed by atoms with E-state index in [0.717, 1.165) is 38.3 Å². The maximum atomic E-state index is 12.1. The molecule has 2 heterocycles. The van der Waals surface area contributed by atoms with Crippen LogP contribution in [0.25, 0.3) is 0 Å². The highest BCUT2D eigenvalue weighted by molar-refractivity contribution is 8.00. The highest BCUT2D eigenvalue weighted by Crippen LogP contribution is 2.36. The van der Waals surface area contributed by atoms with E-state index in [4.69, 9.17) is 4.74 Å². The number of hydrogen-bond donors (Lipinski definition) is 0. The minimum atomic E-state index is 0.236. The highest BCUT2D eigenvalue weighted by atomic mass is 32.2. The zero-order valence-electron chi connectivity index (χ0n) is 11.2. The molecule has 0 N–H and O–H groups in total. The molecule has 102 valence electrons. The van der Waals surface area contributed by atoms with Crippen molar-refractivity contribution in [3.63, 3.8) is 0 Å². The normalized spacial score (nSPS) is 22.7. The van der Waals surface area contributed by atoms with E-state index in [0.29, 0.717) is 11.7 Å². The molecule has 0 aliphatic carbocycles. The summed E-state index contributed by atoms with van der Waals surface area (Å²) in [6, 6.07) is 6.35. The number of hydrogen-bond acceptors (Lipinski definition) is 3. The smallest absolute Gasteiger partial charge is 0.237 e. The number of ether oxygens (including phenoxy) is 1. The number of carbonyl (C=O) groups is 1. The number of benzene rings is 1. The summed E-state index contributed by atoms with van der Waals surface area (Å²) in [6.07, 6.45) is 2.18. The first-order valence-electron chi connectivity index (χ1n) is 6.85. The van der Waals surface area contributed by atoms with Gasteiger partial charge in [-0.25, -0.2) is 0 Å². The average molecular weight is 277 g/mol. The van der Waals surface area contributed by atoms with Crippen LogP contribution in [0.2, 0.25) is 0 Å². The summed E-state index contributed by atoms with van der Waals surface area (Å²) in [4.78, 5) is 15.3. The number of nitrogens with zero attached hydrogens (tertiary/aromatic N) is 1. The monoisotopic (exact) mass is 277 g/mol. The molecule has 1 aromatic rings. The van der Waals surface area contributed by atoms with Crippen molar-refractivity contribution in [3.8, 4) is 0 Å². The second-order valence-electron chi connectivity index (χ2n) is 5.32. The van der Waals surface area contributed by atoms with E-state index in [1.807, 2.05) is 4.90 Å². The Bertz CT molecular complexity index is 483. The standard InChI is InChI=1S/C15H19NO2S/c1-11-2-3-13-14(8-11)19-10-15(17)16(13)6-4-12-5-7-18-9-12/h2-3,8,12H,4-7,9-10H2,1H3. The highest BCUT2D eigenvalue weighted by Gasteiger charge is 2.26. The van der Waals surface area contributed by atoms with Crippen LogP contribution in [0.3, 0.4) is 0 Å². The number of carbonyl (C=O) groups excluding carboxylic acids is 1. The van der Waals surface area contributed by atoms with Crippen LogP contribution in [0.4, 0.5) is 5.69 Å². The van der Waals surface area contributed by atoms with Crippen molar-refractivity contribution in [1.82, 2.24) is 0 Å². The van der Waals surface area contributed by atoms with Gasteiger partial charge in [0.25, 0.3) is 0 Å². The predicted octanol–water partition coefficient (Wildman–Crippen LogP) is 2.86. The van der Waals surface area contributed by atoms with Gasteiger partial charge in [0.1, 0.15) is 0 Å². The van der Waals surface area contributed by atoms with Gasteiger partial charge in [0.05, 0.1) is 11.4 Å². The van der Waals surface area contributed by atoms with E-state index in [1.54, 1.807) is 11.8 Å². The van der Waals surface area contributed by atoms with Crippen LogP contribution < -0.4 is 4.90 Å². The Balaban J connectivity index is 1.74. The molecule has 1 atom stereocenters. The zero-order valence-corrected chi connectivity index (χ0v) is 12.0. The van der Waals surface area contributed by atoms with Crippen molar-refractivity contribution in [1.29, 1.82) is 0 Å². The van der Waals surface area contributed by atoms with E-state index in [2.05, 4.69) is 25.1 Å². The lowest BCUT2D eigenvalue weighted by Gasteiger charge is -2.30. The van der Waals surface area contributed by atoms with E-state index >= 15 is 0 Å². The molecule has 0 saturated carbocycles. The lowest BCUT2D eigenvalue weighted by Crippen LogP contribution is -2.37. The number of anilines is 1. The van der Waals surface area contributed by atoms with Gasteiger partial charge in [0.15, 0.2) is 0 Å². The summed E-state index contributed by atoms with van der Waals surface area (Å²) in [6.45, 7) is 4.66. The molecule has 0 spiro atoms. The maximum absolute atomic E-state index is 12.1. The fourth-order valence-corrected chi connectivity index (χ4v) is 3.71. The topological polar surface area (TPSA) is 29.5 Å². The summed E-state index contributed by atoms with van der Waals surface area (Å²) in [5, 5.41) is 0. The number of thioether (sulfide) groups is 1. The van der Waals surface area contributed by atoms with Crippen LogP contribution >= 0.6 is 11.8 Å². The lowest BCUT2D eigenvalue weighted by atomic mass is 10.0. The molecular weight excluding hydrogens is 258 g/mol. The van der Waals surface area contributed by atoms with Gasteiger partial charge in [-0.05, 0) is 43.4 Å². The number of fused-ring (bicyclic) bond motifs is 1. The summed E-state index contributed by atoms with van der Waals surface area (Å²) in [5.74, 6) is 1.42.